The molecule has 0 bridgehead atoms. The minimum atomic E-state index is -0.332. The molecule has 1 aromatic carbocycles. The SMILES string of the molecule is CC1CCN(C(=O)c2cc(=O)c3ccccc3o2)C1CO. The number of rotatable bonds is 2. The van der Waals surface area contributed by atoms with Crippen molar-refractivity contribution in [1.82, 2.24) is 4.90 Å². The standard InChI is InChI=1S/C16H17NO4/c1-10-6-7-17(12(10)9-18)16(20)15-8-13(19)11-4-2-3-5-14(11)21-15/h2-5,8,10,12,18H,6-7,9H2,1H3. The fraction of sp³-hybridized carbons (Fsp3) is 0.375. The van der Waals surface area contributed by atoms with Gasteiger partial charge in [-0.2, -0.15) is 0 Å². The van der Waals surface area contributed by atoms with Gasteiger partial charge in [0.2, 0.25) is 0 Å². The summed E-state index contributed by atoms with van der Waals surface area (Å²) in [6, 6.07) is 7.88. The molecule has 2 atom stereocenters. The maximum absolute atomic E-state index is 12.5. The lowest BCUT2D eigenvalue weighted by atomic mass is 10.0. The first-order valence-corrected chi connectivity index (χ1v) is 7.06. The fourth-order valence-electron chi connectivity index (χ4n) is 2.89. The molecular weight excluding hydrogens is 270 g/mol. The normalized spacial score (nSPS) is 21.9. The van der Waals surface area contributed by atoms with Crippen LogP contribution in [0, 0.1) is 5.92 Å². The third kappa shape index (κ3) is 2.34. The van der Waals surface area contributed by atoms with Gasteiger partial charge in [0.05, 0.1) is 18.0 Å². The van der Waals surface area contributed by atoms with E-state index in [4.69, 9.17) is 4.42 Å². The molecule has 1 N–H and O–H groups in total. The molecule has 1 fully saturated rings. The second kappa shape index (κ2) is 5.33. The number of aliphatic hydroxyl groups is 1. The number of carbonyl (C=O) groups excluding carboxylic acids is 1. The molecule has 1 aliphatic rings. The largest absolute Gasteiger partial charge is 0.451 e. The lowest BCUT2D eigenvalue weighted by Crippen LogP contribution is -2.40. The zero-order valence-electron chi connectivity index (χ0n) is 11.8. The quantitative estimate of drug-likeness (QED) is 0.911. The number of aliphatic hydroxyl groups excluding tert-OH is 1. The monoisotopic (exact) mass is 287 g/mol. The van der Waals surface area contributed by atoms with Gasteiger partial charge >= 0.3 is 0 Å². The first-order valence-electron chi connectivity index (χ1n) is 7.06. The Hall–Kier alpha value is -2.14. The highest BCUT2D eigenvalue weighted by Crippen LogP contribution is 2.25. The zero-order valence-corrected chi connectivity index (χ0v) is 11.8. The molecule has 0 saturated carbocycles. The number of carbonyl (C=O) groups is 1. The van der Waals surface area contributed by atoms with Gasteiger partial charge in [-0.25, -0.2) is 0 Å². The van der Waals surface area contributed by atoms with Crippen LogP contribution in [0.5, 0.6) is 0 Å². The van der Waals surface area contributed by atoms with Gasteiger partial charge in [-0.05, 0) is 24.5 Å². The van der Waals surface area contributed by atoms with E-state index in [1.807, 2.05) is 6.92 Å². The molecule has 2 unspecified atom stereocenters. The summed E-state index contributed by atoms with van der Waals surface area (Å²) in [6.07, 6.45) is 0.842. The topological polar surface area (TPSA) is 70.8 Å². The van der Waals surface area contributed by atoms with Crippen molar-refractivity contribution in [3.05, 3.63) is 46.3 Å². The van der Waals surface area contributed by atoms with Crippen molar-refractivity contribution >= 4 is 16.9 Å². The Kier molecular flexibility index (Phi) is 3.51. The molecule has 1 aromatic heterocycles. The van der Waals surface area contributed by atoms with Gasteiger partial charge in [0, 0.05) is 12.6 Å². The van der Waals surface area contributed by atoms with E-state index in [2.05, 4.69) is 0 Å². The molecule has 5 nitrogen and oxygen atoms in total. The van der Waals surface area contributed by atoms with Crippen molar-refractivity contribution in [3.8, 4) is 0 Å². The Bertz CT molecular complexity index is 736. The zero-order chi connectivity index (χ0) is 15.0. The van der Waals surface area contributed by atoms with E-state index >= 15 is 0 Å². The van der Waals surface area contributed by atoms with E-state index in [9.17, 15) is 14.7 Å². The maximum Gasteiger partial charge on any atom is 0.290 e. The fourth-order valence-corrected chi connectivity index (χ4v) is 2.89. The van der Waals surface area contributed by atoms with Crippen LogP contribution in [0.3, 0.4) is 0 Å². The van der Waals surface area contributed by atoms with Crippen molar-refractivity contribution in [1.29, 1.82) is 0 Å². The van der Waals surface area contributed by atoms with Gasteiger partial charge in [0.1, 0.15) is 5.58 Å². The van der Waals surface area contributed by atoms with E-state index in [-0.39, 0.29) is 35.7 Å². The maximum atomic E-state index is 12.5. The Labute approximate surface area is 121 Å². The van der Waals surface area contributed by atoms with Gasteiger partial charge in [0.25, 0.3) is 5.91 Å². The Morgan fingerprint density at radius 3 is 2.95 bits per heavy atom. The molecule has 110 valence electrons. The van der Waals surface area contributed by atoms with E-state index in [0.29, 0.717) is 17.5 Å². The first-order chi connectivity index (χ1) is 10.1. The number of likely N-dealkylation sites (tertiary alicyclic amines) is 1. The second-order valence-electron chi connectivity index (χ2n) is 5.49. The lowest BCUT2D eigenvalue weighted by molar-refractivity contribution is 0.0617. The molecular formula is C16H17NO4. The molecule has 2 aromatic rings. The predicted molar refractivity (Wildman–Crippen MR) is 78.2 cm³/mol. The number of nitrogens with zero attached hydrogens (tertiary/aromatic N) is 1. The van der Waals surface area contributed by atoms with Crippen LogP contribution in [0.4, 0.5) is 0 Å². The third-order valence-corrected chi connectivity index (χ3v) is 4.18. The summed E-state index contributed by atoms with van der Waals surface area (Å²) < 4.78 is 5.57. The molecule has 5 heteroatoms. The first kappa shape index (κ1) is 13.8. The molecule has 2 heterocycles. The summed E-state index contributed by atoms with van der Waals surface area (Å²) >= 11 is 0. The van der Waals surface area contributed by atoms with Crippen molar-refractivity contribution in [2.75, 3.05) is 13.2 Å². The van der Waals surface area contributed by atoms with Crippen LogP contribution in [-0.2, 0) is 0 Å². The highest BCUT2D eigenvalue weighted by Gasteiger charge is 2.35. The van der Waals surface area contributed by atoms with Gasteiger partial charge in [-0.1, -0.05) is 19.1 Å². The van der Waals surface area contributed by atoms with E-state index < -0.39 is 0 Å². The average Bonchev–Trinajstić information content (AvgIpc) is 2.87. The van der Waals surface area contributed by atoms with Gasteiger partial charge in [-0.3, -0.25) is 9.59 Å². The van der Waals surface area contributed by atoms with Crippen molar-refractivity contribution in [3.63, 3.8) is 0 Å². The van der Waals surface area contributed by atoms with Crippen LogP contribution >= 0.6 is 0 Å². The Morgan fingerprint density at radius 2 is 2.19 bits per heavy atom. The summed E-state index contributed by atoms with van der Waals surface area (Å²) in [7, 11) is 0. The van der Waals surface area contributed by atoms with Crippen molar-refractivity contribution in [2.45, 2.75) is 19.4 Å². The van der Waals surface area contributed by atoms with Crippen molar-refractivity contribution < 1.29 is 14.3 Å². The summed E-state index contributed by atoms with van der Waals surface area (Å²) in [4.78, 5) is 26.2. The highest BCUT2D eigenvalue weighted by molar-refractivity contribution is 5.93. The molecule has 0 aliphatic carbocycles. The van der Waals surface area contributed by atoms with Crippen LogP contribution in [-0.4, -0.2) is 35.1 Å². The lowest BCUT2D eigenvalue weighted by Gasteiger charge is -2.24. The summed E-state index contributed by atoms with van der Waals surface area (Å²) in [6.45, 7) is 2.50. The van der Waals surface area contributed by atoms with E-state index in [1.54, 1.807) is 29.2 Å². The summed E-state index contributed by atoms with van der Waals surface area (Å²) in [5, 5.41) is 9.90. The molecule has 0 spiro atoms. The number of hydrogen-bond donors (Lipinski definition) is 1. The Morgan fingerprint density at radius 1 is 1.43 bits per heavy atom. The van der Waals surface area contributed by atoms with Crippen LogP contribution in [0.15, 0.2) is 39.5 Å². The van der Waals surface area contributed by atoms with Gasteiger partial charge in [0.15, 0.2) is 11.2 Å². The van der Waals surface area contributed by atoms with Crippen molar-refractivity contribution in [2.24, 2.45) is 5.92 Å². The molecule has 1 amide bonds. The molecule has 21 heavy (non-hydrogen) atoms. The summed E-state index contributed by atoms with van der Waals surface area (Å²) in [5.74, 6) is -0.0568. The smallest absolute Gasteiger partial charge is 0.290 e. The number of amides is 1. The van der Waals surface area contributed by atoms with E-state index in [1.165, 1.54) is 6.07 Å². The molecule has 1 aliphatic heterocycles. The molecule has 3 rings (SSSR count). The van der Waals surface area contributed by atoms with Crippen LogP contribution < -0.4 is 5.43 Å². The number of para-hydroxylation sites is 1. The minimum absolute atomic E-state index is 0.0336. The van der Waals surface area contributed by atoms with E-state index in [0.717, 1.165) is 6.42 Å². The average molecular weight is 287 g/mol. The van der Waals surface area contributed by atoms with Crippen LogP contribution in [0.1, 0.15) is 23.9 Å². The number of benzene rings is 1. The molecule has 1 saturated heterocycles. The summed E-state index contributed by atoms with van der Waals surface area (Å²) in [5.41, 5.74) is 0.175. The highest BCUT2D eigenvalue weighted by atomic mass is 16.3. The number of fused-ring (bicyclic) bond motifs is 1. The van der Waals surface area contributed by atoms with Crippen LogP contribution in [0.2, 0.25) is 0 Å². The Balaban J connectivity index is 2.00. The van der Waals surface area contributed by atoms with Crippen LogP contribution in [0.25, 0.3) is 11.0 Å². The third-order valence-electron chi connectivity index (χ3n) is 4.18. The van der Waals surface area contributed by atoms with Gasteiger partial charge < -0.3 is 14.4 Å². The minimum Gasteiger partial charge on any atom is -0.451 e. The predicted octanol–water partition coefficient (Wildman–Crippen LogP) is 1.64. The second-order valence-corrected chi connectivity index (χ2v) is 5.49. The molecule has 0 radical (unpaired) electrons. The van der Waals surface area contributed by atoms with Gasteiger partial charge in [-0.15, -0.1) is 0 Å². The number of hydrogen-bond acceptors (Lipinski definition) is 4.